The Balaban J connectivity index is 2.03. The highest BCUT2D eigenvalue weighted by Crippen LogP contribution is 2.39. The number of nitrogens with zero attached hydrogens (tertiary/aromatic N) is 2. The molecule has 1 aromatic heterocycles. The molecule has 11 heteroatoms. The van der Waals surface area contributed by atoms with Gasteiger partial charge in [-0.15, -0.1) is 0 Å². The lowest BCUT2D eigenvalue weighted by Crippen LogP contribution is -2.34. The highest BCUT2D eigenvalue weighted by atomic mass is 35.5. The fourth-order valence-electron chi connectivity index (χ4n) is 3.81. The Morgan fingerprint density at radius 1 is 1.03 bits per heavy atom. The number of hydrogen-bond donors (Lipinski definition) is 0. The Hall–Kier alpha value is -3.14. The predicted octanol–water partition coefficient (Wildman–Crippen LogP) is 4.53. The first-order chi connectivity index (χ1) is 17.8. The average molecular weight is 551 g/mol. The number of pyridine rings is 1. The summed E-state index contributed by atoms with van der Waals surface area (Å²) in [6.45, 7) is 0.0736. The summed E-state index contributed by atoms with van der Waals surface area (Å²) in [5, 5.41) is 0.346. The van der Waals surface area contributed by atoms with Gasteiger partial charge in [-0.2, -0.15) is 0 Å². The number of hydrogen-bond acceptors (Lipinski definition) is 8. The van der Waals surface area contributed by atoms with Crippen molar-refractivity contribution in [3.8, 4) is 5.75 Å². The van der Waals surface area contributed by atoms with Crippen molar-refractivity contribution in [2.45, 2.75) is 32.2 Å². The van der Waals surface area contributed by atoms with Crippen molar-refractivity contribution in [3.05, 3.63) is 63.4 Å². The van der Waals surface area contributed by atoms with Crippen molar-refractivity contribution in [3.63, 3.8) is 0 Å². The van der Waals surface area contributed by atoms with Crippen LogP contribution in [0.1, 0.15) is 31.2 Å². The lowest BCUT2D eigenvalue weighted by Gasteiger charge is -2.28. The zero-order valence-corrected chi connectivity index (χ0v) is 22.1. The molecule has 9 nitrogen and oxygen atoms in total. The van der Waals surface area contributed by atoms with Gasteiger partial charge in [-0.05, 0) is 43.4 Å². The number of halogens is 2. The van der Waals surface area contributed by atoms with Crippen LogP contribution in [0.25, 0.3) is 0 Å². The van der Waals surface area contributed by atoms with Gasteiger partial charge < -0.3 is 23.8 Å². The van der Waals surface area contributed by atoms with Crippen molar-refractivity contribution in [2.75, 3.05) is 38.9 Å². The van der Waals surface area contributed by atoms with Crippen LogP contribution in [0.15, 0.2) is 47.8 Å². The molecule has 0 bridgehead atoms. The second-order valence-corrected chi connectivity index (χ2v) is 8.96. The minimum atomic E-state index is -0.597. The zero-order valence-electron chi connectivity index (χ0n) is 20.6. The second-order valence-electron chi connectivity index (χ2n) is 8.14. The third kappa shape index (κ3) is 7.67. The maximum absolute atomic E-state index is 14.0. The van der Waals surface area contributed by atoms with Gasteiger partial charge in [-0.1, -0.05) is 29.3 Å². The van der Waals surface area contributed by atoms with E-state index in [0.717, 1.165) is 18.4 Å². The van der Waals surface area contributed by atoms with Crippen LogP contribution in [0.3, 0.4) is 0 Å². The molecule has 1 heterocycles. The first-order valence-corrected chi connectivity index (χ1v) is 12.4. The van der Waals surface area contributed by atoms with Crippen LogP contribution < -0.4 is 9.64 Å². The molecule has 0 N–H and O–H groups in total. The standard InChI is InChI=1S/C26H28Cl2N2O7/c1-34-10-11-36-26(33)19-8-4-3-7-18(19)25(32)30(15-17-6-5-9-29-14-17)22-13-23(21(28)12-20(22)27)37-16-24(31)35-2/h5-6,9,12-14H,3-4,7-8,10-11,15-16H2,1-2H3. The molecule has 0 aliphatic heterocycles. The van der Waals surface area contributed by atoms with Gasteiger partial charge in [-0.25, -0.2) is 9.59 Å². The van der Waals surface area contributed by atoms with Gasteiger partial charge in [0, 0.05) is 36.7 Å². The van der Waals surface area contributed by atoms with E-state index in [4.69, 9.17) is 37.4 Å². The third-order valence-electron chi connectivity index (χ3n) is 5.67. The summed E-state index contributed by atoms with van der Waals surface area (Å²) < 4.78 is 20.4. The number of methoxy groups -OCH3 is 2. The summed E-state index contributed by atoms with van der Waals surface area (Å²) in [6.07, 6.45) is 5.61. The first kappa shape index (κ1) is 28.4. The highest BCUT2D eigenvalue weighted by molar-refractivity contribution is 6.37. The van der Waals surface area contributed by atoms with E-state index in [1.165, 1.54) is 31.3 Å². The van der Waals surface area contributed by atoms with Crippen molar-refractivity contribution in [2.24, 2.45) is 0 Å². The molecule has 0 fully saturated rings. The molecular weight excluding hydrogens is 523 g/mol. The van der Waals surface area contributed by atoms with Crippen LogP contribution >= 0.6 is 23.2 Å². The Morgan fingerprint density at radius 3 is 2.46 bits per heavy atom. The lowest BCUT2D eigenvalue weighted by molar-refractivity contribution is -0.143. The number of anilines is 1. The summed E-state index contributed by atoms with van der Waals surface area (Å²) in [7, 11) is 2.75. The van der Waals surface area contributed by atoms with Gasteiger partial charge in [0.25, 0.3) is 5.91 Å². The average Bonchev–Trinajstić information content (AvgIpc) is 2.91. The molecule has 0 unspecified atom stereocenters. The minimum absolute atomic E-state index is 0.0869. The van der Waals surface area contributed by atoms with E-state index >= 15 is 0 Å². The molecule has 0 radical (unpaired) electrons. The maximum atomic E-state index is 14.0. The fourth-order valence-corrected chi connectivity index (χ4v) is 4.35. The molecule has 1 amide bonds. The summed E-state index contributed by atoms with van der Waals surface area (Å²) in [5.41, 5.74) is 1.74. The third-order valence-corrected chi connectivity index (χ3v) is 6.27. The SMILES string of the molecule is COCCOC(=O)C1=C(C(=O)N(Cc2cccnc2)c2cc(OCC(=O)OC)c(Cl)cc2Cl)CCCC1. The molecule has 1 aliphatic rings. The molecule has 1 aromatic carbocycles. The Bertz CT molecular complexity index is 1160. The van der Waals surface area contributed by atoms with Gasteiger partial charge in [0.05, 0.1) is 36.0 Å². The molecule has 198 valence electrons. The van der Waals surface area contributed by atoms with E-state index in [2.05, 4.69) is 9.72 Å². The lowest BCUT2D eigenvalue weighted by atomic mass is 9.90. The number of carbonyl (C=O) groups excluding carboxylic acids is 3. The number of esters is 2. The van der Waals surface area contributed by atoms with Gasteiger partial charge >= 0.3 is 11.9 Å². The van der Waals surface area contributed by atoms with Crippen LogP contribution in [0, 0.1) is 0 Å². The second kappa shape index (κ2) is 14.0. The normalized spacial score (nSPS) is 13.2. The topological polar surface area (TPSA) is 104 Å². The smallest absolute Gasteiger partial charge is 0.343 e. The number of amides is 1. The highest BCUT2D eigenvalue weighted by Gasteiger charge is 2.30. The van der Waals surface area contributed by atoms with E-state index in [1.807, 2.05) is 6.07 Å². The Kier molecular flexibility index (Phi) is 10.7. The van der Waals surface area contributed by atoms with Gasteiger partial charge in [0.1, 0.15) is 12.4 Å². The summed E-state index contributed by atoms with van der Waals surface area (Å²) in [6, 6.07) is 6.50. The largest absolute Gasteiger partial charge is 0.480 e. The van der Waals surface area contributed by atoms with Crippen LogP contribution in [-0.2, 0) is 35.1 Å². The summed E-state index contributed by atoms with van der Waals surface area (Å²) in [5.74, 6) is -1.39. The zero-order chi connectivity index (χ0) is 26.8. The van der Waals surface area contributed by atoms with E-state index in [1.54, 1.807) is 18.5 Å². The summed E-state index contributed by atoms with van der Waals surface area (Å²) >= 11 is 12.8. The number of rotatable bonds is 11. The number of carbonyl (C=O) groups is 3. The quantitative estimate of drug-likeness (QED) is 0.296. The van der Waals surface area contributed by atoms with Crippen molar-refractivity contribution in [1.29, 1.82) is 0 Å². The van der Waals surface area contributed by atoms with E-state index < -0.39 is 17.8 Å². The number of aromatic nitrogens is 1. The fraction of sp³-hybridized carbons (Fsp3) is 0.385. The molecule has 37 heavy (non-hydrogen) atoms. The number of benzene rings is 1. The maximum Gasteiger partial charge on any atom is 0.343 e. The van der Waals surface area contributed by atoms with Gasteiger partial charge in [-0.3, -0.25) is 9.78 Å². The Morgan fingerprint density at radius 2 is 1.78 bits per heavy atom. The van der Waals surface area contributed by atoms with E-state index in [-0.39, 0.29) is 42.2 Å². The summed E-state index contributed by atoms with van der Waals surface area (Å²) in [4.78, 5) is 44.0. The van der Waals surface area contributed by atoms with Crippen LogP contribution in [-0.4, -0.2) is 56.9 Å². The molecule has 0 spiro atoms. The van der Waals surface area contributed by atoms with E-state index in [0.29, 0.717) is 29.7 Å². The molecule has 3 rings (SSSR count). The minimum Gasteiger partial charge on any atom is -0.480 e. The molecule has 0 saturated heterocycles. The molecule has 2 aromatic rings. The molecule has 1 aliphatic carbocycles. The first-order valence-electron chi connectivity index (χ1n) is 11.6. The molecule has 0 atom stereocenters. The van der Waals surface area contributed by atoms with Gasteiger partial charge in [0.15, 0.2) is 6.61 Å². The van der Waals surface area contributed by atoms with Gasteiger partial charge in [0.2, 0.25) is 0 Å². The molecule has 0 saturated carbocycles. The number of ether oxygens (including phenoxy) is 4. The predicted molar refractivity (Wildman–Crippen MR) is 138 cm³/mol. The van der Waals surface area contributed by atoms with E-state index in [9.17, 15) is 14.4 Å². The molecular formula is C26H28Cl2N2O7. The van der Waals surface area contributed by atoms with Crippen LogP contribution in [0.5, 0.6) is 5.75 Å². The monoisotopic (exact) mass is 550 g/mol. The van der Waals surface area contributed by atoms with Crippen molar-refractivity contribution < 1.29 is 33.3 Å². The van der Waals surface area contributed by atoms with Crippen molar-refractivity contribution in [1.82, 2.24) is 4.98 Å². The van der Waals surface area contributed by atoms with Crippen LogP contribution in [0.4, 0.5) is 5.69 Å². The van der Waals surface area contributed by atoms with Crippen LogP contribution in [0.2, 0.25) is 10.0 Å². The van der Waals surface area contributed by atoms with Crippen molar-refractivity contribution >= 4 is 46.7 Å². The Labute approximate surface area is 225 Å².